The average Bonchev–Trinajstić information content (AvgIpc) is 2.75. The second-order valence-electron chi connectivity index (χ2n) is 7.38. The zero-order valence-corrected chi connectivity index (χ0v) is 17.8. The van der Waals surface area contributed by atoms with Crippen molar-refractivity contribution in [3.05, 3.63) is 47.5 Å². The molecule has 154 valence electrons. The molecule has 1 saturated heterocycles. The van der Waals surface area contributed by atoms with E-state index in [1.54, 1.807) is 23.8 Å². The molecular formula is C22H26N2O4S. The molecule has 0 unspecified atom stereocenters. The third kappa shape index (κ3) is 4.16. The molecule has 4 rings (SSSR count). The number of nitrogens with one attached hydrogen (secondary N) is 1. The average molecular weight is 415 g/mol. The maximum atomic E-state index is 12.6. The summed E-state index contributed by atoms with van der Waals surface area (Å²) < 4.78 is 17.7. The van der Waals surface area contributed by atoms with E-state index in [9.17, 15) is 4.79 Å². The van der Waals surface area contributed by atoms with E-state index in [0.29, 0.717) is 32.5 Å². The van der Waals surface area contributed by atoms with Gasteiger partial charge in [-0.25, -0.2) is 4.79 Å². The van der Waals surface area contributed by atoms with Gasteiger partial charge >= 0.3 is 6.03 Å². The first-order chi connectivity index (χ1) is 14.0. The molecule has 2 aromatic carbocycles. The topological polar surface area (TPSA) is 60.0 Å². The van der Waals surface area contributed by atoms with Gasteiger partial charge in [-0.15, -0.1) is 11.8 Å². The standard InChI is InChI=1S/C22H26N2O4S/c1-15-12-19(29-3)13-16-14-27-22(28-20(15)16)8-10-24(11-9-22)21(25)23-17-4-6-18(26-2)7-5-17/h4-7,12-13H,8-11,14H2,1-3H3,(H,23,25). The lowest BCUT2D eigenvalue weighted by Crippen LogP contribution is -2.53. The molecule has 2 aliphatic heterocycles. The lowest BCUT2D eigenvalue weighted by atomic mass is 10.0. The van der Waals surface area contributed by atoms with Crippen LogP contribution >= 0.6 is 11.8 Å². The van der Waals surface area contributed by atoms with Gasteiger partial charge in [0.25, 0.3) is 0 Å². The molecule has 7 heteroatoms. The SMILES string of the molecule is COc1ccc(NC(=O)N2CCC3(CC2)OCc2cc(SC)cc(C)c2O3)cc1. The monoisotopic (exact) mass is 414 g/mol. The van der Waals surface area contributed by atoms with E-state index < -0.39 is 5.79 Å². The number of urea groups is 1. The lowest BCUT2D eigenvalue weighted by Gasteiger charge is -2.44. The summed E-state index contributed by atoms with van der Waals surface area (Å²) in [5.74, 6) is 1.05. The number of nitrogens with zero attached hydrogens (tertiary/aromatic N) is 1. The number of ether oxygens (including phenoxy) is 3. The number of methoxy groups -OCH3 is 1. The Morgan fingerprint density at radius 3 is 2.59 bits per heavy atom. The van der Waals surface area contributed by atoms with Crippen LogP contribution in [0.15, 0.2) is 41.3 Å². The van der Waals surface area contributed by atoms with E-state index in [-0.39, 0.29) is 6.03 Å². The summed E-state index contributed by atoms with van der Waals surface area (Å²) >= 11 is 1.72. The number of rotatable bonds is 3. The van der Waals surface area contributed by atoms with Crippen molar-refractivity contribution in [3.63, 3.8) is 0 Å². The Kier molecular flexibility index (Phi) is 5.61. The predicted molar refractivity (Wildman–Crippen MR) is 114 cm³/mol. The minimum absolute atomic E-state index is 0.109. The van der Waals surface area contributed by atoms with Gasteiger partial charge in [0, 0.05) is 42.1 Å². The van der Waals surface area contributed by atoms with E-state index in [1.165, 1.54) is 4.90 Å². The van der Waals surface area contributed by atoms with Crippen LogP contribution in [0.3, 0.4) is 0 Å². The minimum atomic E-state index is -0.643. The fourth-order valence-corrected chi connectivity index (χ4v) is 4.34. The Morgan fingerprint density at radius 2 is 1.93 bits per heavy atom. The summed E-state index contributed by atoms with van der Waals surface area (Å²) in [6, 6.07) is 11.5. The molecule has 0 bridgehead atoms. The zero-order valence-electron chi connectivity index (χ0n) is 17.0. The number of likely N-dealkylation sites (tertiary alicyclic amines) is 1. The highest BCUT2D eigenvalue weighted by Gasteiger charge is 2.42. The zero-order chi connectivity index (χ0) is 20.4. The number of anilines is 1. The number of aryl methyl sites for hydroxylation is 1. The minimum Gasteiger partial charge on any atom is -0.497 e. The number of fused-ring (bicyclic) bond motifs is 1. The number of thioether (sulfide) groups is 1. The van der Waals surface area contributed by atoms with Crippen molar-refractivity contribution in [2.24, 2.45) is 0 Å². The normalized spacial score (nSPS) is 17.4. The van der Waals surface area contributed by atoms with E-state index in [0.717, 1.165) is 28.3 Å². The van der Waals surface area contributed by atoms with Gasteiger partial charge in [-0.1, -0.05) is 0 Å². The van der Waals surface area contributed by atoms with Crippen LogP contribution in [0.5, 0.6) is 11.5 Å². The van der Waals surface area contributed by atoms with Crippen LogP contribution in [0.4, 0.5) is 10.5 Å². The molecule has 1 fully saturated rings. The predicted octanol–water partition coefficient (Wildman–Crippen LogP) is 4.66. The number of hydrogen-bond acceptors (Lipinski definition) is 5. The molecular weight excluding hydrogens is 388 g/mol. The molecule has 0 atom stereocenters. The Balaban J connectivity index is 1.38. The first-order valence-corrected chi connectivity index (χ1v) is 10.9. The fraction of sp³-hybridized carbons (Fsp3) is 0.409. The summed E-state index contributed by atoms with van der Waals surface area (Å²) in [6.45, 7) is 3.79. The van der Waals surface area contributed by atoms with Crippen LogP contribution in [0.2, 0.25) is 0 Å². The van der Waals surface area contributed by atoms with Crippen molar-refractivity contribution >= 4 is 23.5 Å². The highest BCUT2D eigenvalue weighted by atomic mass is 32.2. The highest BCUT2D eigenvalue weighted by Crippen LogP contribution is 2.41. The third-order valence-corrected chi connectivity index (χ3v) is 6.20. The van der Waals surface area contributed by atoms with Crippen LogP contribution in [-0.2, 0) is 11.3 Å². The van der Waals surface area contributed by atoms with Crippen molar-refractivity contribution in [1.82, 2.24) is 4.90 Å². The van der Waals surface area contributed by atoms with Crippen molar-refractivity contribution in [1.29, 1.82) is 0 Å². The highest BCUT2D eigenvalue weighted by molar-refractivity contribution is 7.98. The molecule has 6 nitrogen and oxygen atoms in total. The molecule has 0 aliphatic carbocycles. The Bertz CT molecular complexity index is 892. The third-order valence-electron chi connectivity index (χ3n) is 5.49. The first kappa shape index (κ1) is 19.9. The van der Waals surface area contributed by atoms with E-state index in [2.05, 4.69) is 30.6 Å². The summed E-state index contributed by atoms with van der Waals surface area (Å²) in [6.07, 6.45) is 3.36. The Morgan fingerprint density at radius 1 is 1.21 bits per heavy atom. The quantitative estimate of drug-likeness (QED) is 0.741. The van der Waals surface area contributed by atoms with Gasteiger partial charge in [0.1, 0.15) is 11.5 Å². The van der Waals surface area contributed by atoms with Crippen molar-refractivity contribution in [2.45, 2.75) is 37.1 Å². The Hall–Kier alpha value is -2.38. The Labute approximate surface area is 175 Å². The molecule has 2 aromatic rings. The number of amides is 2. The molecule has 29 heavy (non-hydrogen) atoms. The largest absolute Gasteiger partial charge is 0.497 e. The molecule has 2 aliphatic rings. The molecule has 1 spiro atoms. The molecule has 2 heterocycles. The summed E-state index contributed by atoms with van der Waals surface area (Å²) in [4.78, 5) is 15.6. The summed E-state index contributed by atoms with van der Waals surface area (Å²) in [5, 5.41) is 2.94. The maximum absolute atomic E-state index is 12.6. The van der Waals surface area contributed by atoms with E-state index in [1.807, 2.05) is 24.3 Å². The lowest BCUT2D eigenvalue weighted by molar-refractivity contribution is -0.225. The van der Waals surface area contributed by atoms with Gasteiger partial charge in [0.05, 0.1) is 13.7 Å². The van der Waals surface area contributed by atoms with Gasteiger partial charge in [-0.2, -0.15) is 0 Å². The number of carbonyl (C=O) groups excluding carboxylic acids is 1. The van der Waals surface area contributed by atoms with Gasteiger partial charge in [0.2, 0.25) is 5.79 Å². The number of carbonyl (C=O) groups is 1. The number of piperidine rings is 1. The fourth-order valence-electron chi connectivity index (χ4n) is 3.78. The maximum Gasteiger partial charge on any atom is 0.321 e. The second kappa shape index (κ2) is 8.16. The van der Waals surface area contributed by atoms with Crippen LogP contribution < -0.4 is 14.8 Å². The van der Waals surface area contributed by atoms with Crippen molar-refractivity contribution in [2.75, 3.05) is 31.8 Å². The smallest absolute Gasteiger partial charge is 0.321 e. The first-order valence-electron chi connectivity index (χ1n) is 9.72. The number of benzene rings is 2. The van der Waals surface area contributed by atoms with Gasteiger partial charge in [0.15, 0.2) is 0 Å². The van der Waals surface area contributed by atoms with E-state index >= 15 is 0 Å². The van der Waals surface area contributed by atoms with Crippen LogP contribution in [0.25, 0.3) is 0 Å². The van der Waals surface area contributed by atoms with Crippen molar-refractivity contribution < 1.29 is 19.0 Å². The molecule has 0 aromatic heterocycles. The van der Waals surface area contributed by atoms with E-state index in [4.69, 9.17) is 14.2 Å². The molecule has 0 saturated carbocycles. The molecule has 0 radical (unpaired) electrons. The second-order valence-corrected chi connectivity index (χ2v) is 8.26. The molecule has 1 N–H and O–H groups in total. The molecule has 2 amide bonds. The summed E-state index contributed by atoms with van der Waals surface area (Å²) in [7, 11) is 1.62. The van der Waals surface area contributed by atoms with Gasteiger partial charge < -0.3 is 24.4 Å². The number of hydrogen-bond donors (Lipinski definition) is 1. The van der Waals surface area contributed by atoms with Gasteiger partial charge in [-0.05, 0) is 55.1 Å². The van der Waals surface area contributed by atoms with Crippen molar-refractivity contribution in [3.8, 4) is 11.5 Å². The van der Waals surface area contributed by atoms with Gasteiger partial charge in [-0.3, -0.25) is 0 Å². The van der Waals surface area contributed by atoms with Crippen LogP contribution in [-0.4, -0.2) is 43.2 Å². The van der Waals surface area contributed by atoms with Crippen LogP contribution in [0.1, 0.15) is 24.0 Å². The van der Waals surface area contributed by atoms with Crippen LogP contribution in [0, 0.1) is 6.92 Å². The summed E-state index contributed by atoms with van der Waals surface area (Å²) in [5.41, 5.74) is 2.98.